The Morgan fingerprint density at radius 1 is 0.870 bits per heavy atom. The van der Waals surface area contributed by atoms with E-state index in [0.29, 0.717) is 15.8 Å². The highest BCUT2D eigenvalue weighted by atomic mass is 127. The number of aliphatic hydroxyl groups is 1. The molecule has 1 atom stereocenters. The number of hydrogen-bond donors (Lipinski definition) is 1. The van der Waals surface area contributed by atoms with Gasteiger partial charge in [0.1, 0.15) is 0 Å². The summed E-state index contributed by atoms with van der Waals surface area (Å²) < 4.78 is 0.327. The van der Waals surface area contributed by atoms with E-state index in [0.717, 1.165) is 6.42 Å². The fraction of sp³-hybridized carbons (Fsp3) is 0.714. The van der Waals surface area contributed by atoms with Gasteiger partial charge in [-0.3, -0.25) is 0 Å². The van der Waals surface area contributed by atoms with Crippen LogP contribution in [0.1, 0.15) is 69.8 Å². The number of halogens is 1. The Bertz CT molecular complexity index is 442. The first kappa shape index (κ1) is 17.7. The molecule has 0 heterocycles. The zero-order chi connectivity index (χ0) is 16.1. The van der Waals surface area contributed by atoms with Crippen LogP contribution in [0.4, 0.5) is 0 Å². The topological polar surface area (TPSA) is 20.2 Å². The van der Waals surface area contributed by atoms with Crippen LogP contribution in [0.3, 0.4) is 0 Å². The molecule has 0 aromatic heterocycles. The van der Waals surface area contributed by atoms with Crippen LogP contribution in [-0.2, 0) is 6.42 Å². The molecule has 1 N–H and O–H groups in total. The lowest BCUT2D eigenvalue weighted by Crippen LogP contribution is -2.54. The lowest BCUT2D eigenvalue weighted by atomic mass is 9.64. The van der Waals surface area contributed by atoms with Crippen LogP contribution in [0.25, 0.3) is 0 Å². The lowest BCUT2D eigenvalue weighted by molar-refractivity contribution is -0.0891. The van der Waals surface area contributed by atoms with Crippen molar-refractivity contribution >= 4 is 22.6 Å². The van der Waals surface area contributed by atoms with E-state index < -0.39 is 5.60 Å². The van der Waals surface area contributed by atoms with Gasteiger partial charge in [0.25, 0.3) is 0 Å². The van der Waals surface area contributed by atoms with Crippen molar-refractivity contribution in [3.63, 3.8) is 0 Å². The van der Waals surface area contributed by atoms with Crippen LogP contribution < -0.4 is 0 Å². The molecule has 0 aliphatic heterocycles. The zero-order valence-electron chi connectivity index (χ0n) is 14.2. The fourth-order valence-corrected chi connectivity index (χ4v) is 6.48. The first-order valence-electron chi connectivity index (χ1n) is 9.61. The molecule has 128 valence electrons. The Hall–Kier alpha value is -0.0900. The van der Waals surface area contributed by atoms with Crippen LogP contribution in [-0.4, -0.2) is 14.6 Å². The summed E-state index contributed by atoms with van der Waals surface area (Å²) in [6.45, 7) is 0. The highest BCUT2D eigenvalue weighted by molar-refractivity contribution is 14.1. The maximum absolute atomic E-state index is 12.0. The summed E-state index contributed by atoms with van der Waals surface area (Å²) in [6.07, 6.45) is 13.9. The molecule has 1 nitrogen and oxygen atoms in total. The molecule has 2 saturated carbocycles. The maximum atomic E-state index is 12.0. The van der Waals surface area contributed by atoms with Gasteiger partial charge in [-0.2, -0.15) is 0 Å². The van der Waals surface area contributed by atoms with Crippen molar-refractivity contribution in [2.45, 2.75) is 80.2 Å². The molecule has 2 fully saturated rings. The minimum Gasteiger partial charge on any atom is -0.388 e. The van der Waals surface area contributed by atoms with Crippen LogP contribution in [0.15, 0.2) is 30.3 Å². The summed E-state index contributed by atoms with van der Waals surface area (Å²) in [5.74, 6) is 1.04. The summed E-state index contributed by atoms with van der Waals surface area (Å²) >= 11 is 2.58. The van der Waals surface area contributed by atoms with Gasteiger partial charge < -0.3 is 5.11 Å². The molecule has 0 radical (unpaired) electrons. The Labute approximate surface area is 155 Å². The van der Waals surface area contributed by atoms with E-state index in [4.69, 9.17) is 0 Å². The van der Waals surface area contributed by atoms with Crippen molar-refractivity contribution in [1.29, 1.82) is 0 Å². The van der Waals surface area contributed by atoms with Crippen molar-refractivity contribution in [2.24, 2.45) is 11.8 Å². The predicted molar refractivity (Wildman–Crippen MR) is 106 cm³/mol. The van der Waals surface area contributed by atoms with Crippen LogP contribution in [0.5, 0.6) is 0 Å². The molecule has 0 saturated heterocycles. The second-order valence-electron chi connectivity index (χ2n) is 7.71. The van der Waals surface area contributed by atoms with Crippen LogP contribution in [0, 0.1) is 11.8 Å². The van der Waals surface area contributed by atoms with E-state index in [9.17, 15) is 5.11 Å². The Morgan fingerprint density at radius 3 is 1.83 bits per heavy atom. The number of alkyl halides is 1. The van der Waals surface area contributed by atoms with Gasteiger partial charge >= 0.3 is 0 Å². The third-order valence-corrected chi connectivity index (χ3v) is 7.72. The lowest BCUT2D eigenvalue weighted by Gasteiger charge is -2.48. The second-order valence-corrected chi connectivity index (χ2v) is 9.22. The van der Waals surface area contributed by atoms with Gasteiger partial charge in [0.2, 0.25) is 0 Å². The van der Waals surface area contributed by atoms with Gasteiger partial charge in [0.15, 0.2) is 0 Å². The Kier molecular flexibility index (Phi) is 6.42. The summed E-state index contributed by atoms with van der Waals surface area (Å²) in [6, 6.07) is 10.8. The molecule has 23 heavy (non-hydrogen) atoms. The van der Waals surface area contributed by atoms with Crippen molar-refractivity contribution in [3.8, 4) is 0 Å². The van der Waals surface area contributed by atoms with Gasteiger partial charge in [-0.25, -0.2) is 0 Å². The van der Waals surface area contributed by atoms with Crippen molar-refractivity contribution in [2.75, 3.05) is 0 Å². The molecule has 1 aromatic rings. The molecule has 2 aliphatic rings. The number of hydrogen-bond acceptors (Lipinski definition) is 1. The van der Waals surface area contributed by atoms with Gasteiger partial charge in [0.05, 0.1) is 5.60 Å². The Balaban J connectivity index is 1.80. The minimum atomic E-state index is -0.461. The first-order chi connectivity index (χ1) is 11.2. The molecule has 0 amide bonds. The molecule has 0 spiro atoms. The minimum absolute atomic E-state index is 0.327. The molecule has 2 aliphatic carbocycles. The van der Waals surface area contributed by atoms with Crippen molar-refractivity contribution in [1.82, 2.24) is 0 Å². The molecule has 2 heteroatoms. The van der Waals surface area contributed by atoms with Crippen molar-refractivity contribution in [3.05, 3.63) is 35.9 Å². The van der Waals surface area contributed by atoms with Gasteiger partial charge in [0, 0.05) is 3.92 Å². The average Bonchev–Trinajstić information content (AvgIpc) is 2.63. The predicted octanol–water partition coefficient (Wildman–Crippen LogP) is 5.92. The van der Waals surface area contributed by atoms with E-state index in [2.05, 4.69) is 52.9 Å². The first-order valence-corrected chi connectivity index (χ1v) is 10.9. The highest BCUT2D eigenvalue weighted by Crippen LogP contribution is 2.47. The Morgan fingerprint density at radius 2 is 1.35 bits per heavy atom. The second kappa shape index (κ2) is 8.33. The molecular formula is C21H31IO. The summed E-state index contributed by atoms with van der Waals surface area (Å²) in [7, 11) is 0. The number of benzene rings is 1. The number of rotatable bonds is 5. The summed E-state index contributed by atoms with van der Waals surface area (Å²) in [5, 5.41) is 12.0. The van der Waals surface area contributed by atoms with Gasteiger partial charge in [-0.15, -0.1) is 0 Å². The van der Waals surface area contributed by atoms with Crippen LogP contribution >= 0.6 is 22.6 Å². The van der Waals surface area contributed by atoms with Gasteiger partial charge in [-0.1, -0.05) is 91.4 Å². The standard InChI is InChI=1S/C21H31IO/c22-20(16-17-10-4-1-5-11-17)21(23,18-12-6-2-7-13-18)19-14-8-3-9-15-19/h1,4-5,10-11,18-20,23H,2-3,6-9,12-16H2. The quantitative estimate of drug-likeness (QED) is 0.458. The smallest absolute Gasteiger partial charge is 0.0823 e. The van der Waals surface area contributed by atoms with E-state index in [-0.39, 0.29) is 0 Å². The third kappa shape index (κ3) is 4.12. The van der Waals surface area contributed by atoms with E-state index in [1.54, 1.807) is 0 Å². The third-order valence-electron chi connectivity index (χ3n) is 6.28. The summed E-state index contributed by atoms with van der Waals surface area (Å²) in [4.78, 5) is 0. The summed E-state index contributed by atoms with van der Waals surface area (Å²) in [5.41, 5.74) is 0.911. The normalized spacial score (nSPS) is 22.9. The maximum Gasteiger partial charge on any atom is 0.0823 e. The molecule has 3 rings (SSSR count). The molecule has 0 bridgehead atoms. The van der Waals surface area contributed by atoms with Gasteiger partial charge in [-0.05, 0) is 49.5 Å². The zero-order valence-corrected chi connectivity index (χ0v) is 16.4. The SMILES string of the molecule is OC(C(I)Cc1ccccc1)(C1CCCCC1)C1CCCCC1. The van der Waals surface area contributed by atoms with Crippen molar-refractivity contribution < 1.29 is 5.11 Å². The fourth-order valence-electron chi connectivity index (χ4n) is 4.96. The largest absolute Gasteiger partial charge is 0.388 e. The monoisotopic (exact) mass is 426 g/mol. The van der Waals surface area contributed by atoms with E-state index >= 15 is 0 Å². The molecule has 1 aromatic carbocycles. The molecular weight excluding hydrogens is 395 g/mol. The highest BCUT2D eigenvalue weighted by Gasteiger charge is 2.48. The molecule has 1 unspecified atom stereocenters. The van der Waals surface area contributed by atoms with E-state index in [1.165, 1.54) is 69.8 Å². The van der Waals surface area contributed by atoms with Crippen LogP contribution in [0.2, 0.25) is 0 Å². The average molecular weight is 426 g/mol. The van der Waals surface area contributed by atoms with E-state index in [1.807, 2.05) is 0 Å².